The van der Waals surface area contributed by atoms with E-state index >= 15 is 0 Å². The van der Waals surface area contributed by atoms with Gasteiger partial charge < -0.3 is 0 Å². The van der Waals surface area contributed by atoms with E-state index in [1.165, 1.54) is 64.2 Å². The van der Waals surface area contributed by atoms with Gasteiger partial charge in [0, 0.05) is 0 Å². The van der Waals surface area contributed by atoms with Gasteiger partial charge in [0.25, 0.3) is 0 Å². The lowest BCUT2D eigenvalue weighted by Gasteiger charge is -2.07. The third-order valence-corrected chi connectivity index (χ3v) is 5.59. The Kier molecular flexibility index (Phi) is 11.0. The first-order valence-electron chi connectivity index (χ1n) is 9.66. The summed E-state index contributed by atoms with van der Waals surface area (Å²) >= 11 is 0. The molecule has 2 N–H and O–H groups in total. The van der Waals surface area contributed by atoms with Gasteiger partial charge in [-0.05, 0) is 24.5 Å². The van der Waals surface area contributed by atoms with Crippen LogP contribution in [0.1, 0.15) is 89.5 Å². The van der Waals surface area contributed by atoms with E-state index in [4.69, 9.17) is 5.14 Å². The summed E-state index contributed by atoms with van der Waals surface area (Å²) in [5.74, 6) is 0. The minimum absolute atomic E-state index is 0.285. The van der Waals surface area contributed by atoms with Gasteiger partial charge >= 0.3 is 0 Å². The highest BCUT2D eigenvalue weighted by Crippen LogP contribution is 2.17. The molecule has 0 fully saturated rings. The molecule has 1 aromatic rings. The predicted octanol–water partition coefficient (Wildman–Crippen LogP) is 5.58. The van der Waals surface area contributed by atoms with E-state index in [9.17, 15) is 8.42 Å². The topological polar surface area (TPSA) is 60.2 Å². The van der Waals surface area contributed by atoms with Crippen molar-refractivity contribution in [3.63, 3.8) is 0 Å². The zero-order valence-electron chi connectivity index (χ0n) is 15.3. The van der Waals surface area contributed by atoms with Crippen LogP contribution < -0.4 is 5.14 Å². The summed E-state index contributed by atoms with van der Waals surface area (Å²) in [5, 5.41) is 5.27. The van der Waals surface area contributed by atoms with Crippen LogP contribution in [0, 0.1) is 0 Å². The maximum atomic E-state index is 11.5. The van der Waals surface area contributed by atoms with Gasteiger partial charge in [-0.3, -0.25) is 0 Å². The van der Waals surface area contributed by atoms with Crippen molar-refractivity contribution >= 4 is 10.0 Å². The van der Waals surface area contributed by atoms with Gasteiger partial charge in [-0.2, -0.15) is 0 Å². The highest BCUT2D eigenvalue weighted by atomic mass is 32.2. The van der Waals surface area contributed by atoms with Crippen molar-refractivity contribution in [2.75, 3.05) is 0 Å². The molecule has 3 nitrogen and oxygen atoms in total. The molecule has 0 saturated carbocycles. The molecule has 0 aromatic heterocycles. The summed E-state index contributed by atoms with van der Waals surface area (Å²) in [5.41, 5.74) is 0.854. The third kappa shape index (κ3) is 9.43. The zero-order chi connectivity index (χ0) is 17.7. The molecule has 0 aliphatic heterocycles. The number of nitrogens with two attached hydrogens (primary N) is 1. The molecule has 0 amide bonds. The Hall–Kier alpha value is -0.870. The second-order valence-corrected chi connectivity index (χ2v) is 8.32. The van der Waals surface area contributed by atoms with Crippen LogP contribution in [0.3, 0.4) is 0 Å². The van der Waals surface area contributed by atoms with Crippen LogP contribution in [-0.4, -0.2) is 8.42 Å². The summed E-state index contributed by atoms with van der Waals surface area (Å²) < 4.78 is 23.1. The van der Waals surface area contributed by atoms with Crippen LogP contribution in [0.5, 0.6) is 0 Å². The Morgan fingerprint density at radius 1 is 0.750 bits per heavy atom. The summed E-state index contributed by atoms with van der Waals surface area (Å²) in [6.07, 6.45) is 16.5. The molecule has 4 heteroatoms. The van der Waals surface area contributed by atoms with Gasteiger partial charge in [0.1, 0.15) is 0 Å². The van der Waals surface area contributed by atoms with Gasteiger partial charge in [0.05, 0.1) is 4.90 Å². The predicted molar refractivity (Wildman–Crippen MR) is 103 cm³/mol. The molecule has 1 rings (SSSR count). The lowest BCUT2D eigenvalue weighted by molar-refractivity contribution is 0.543. The van der Waals surface area contributed by atoms with Crippen LogP contribution in [-0.2, 0) is 16.4 Å². The normalized spacial score (nSPS) is 11.8. The van der Waals surface area contributed by atoms with Crippen LogP contribution in [0.25, 0.3) is 0 Å². The monoisotopic (exact) mass is 353 g/mol. The van der Waals surface area contributed by atoms with Crippen molar-refractivity contribution in [1.82, 2.24) is 0 Å². The molecule has 0 aliphatic rings. The second kappa shape index (κ2) is 12.5. The van der Waals surface area contributed by atoms with Crippen molar-refractivity contribution in [3.8, 4) is 0 Å². The highest BCUT2D eigenvalue weighted by Gasteiger charge is 2.12. The number of sulfonamides is 1. The summed E-state index contributed by atoms with van der Waals surface area (Å²) in [6, 6.07) is 7.08. The van der Waals surface area contributed by atoms with E-state index in [0.717, 1.165) is 24.8 Å². The van der Waals surface area contributed by atoms with E-state index in [-0.39, 0.29) is 4.90 Å². The van der Waals surface area contributed by atoms with Gasteiger partial charge in [-0.15, -0.1) is 0 Å². The van der Waals surface area contributed by atoms with Crippen LogP contribution >= 0.6 is 0 Å². The zero-order valence-corrected chi connectivity index (χ0v) is 16.1. The molecular formula is C20H35NO2S. The van der Waals surface area contributed by atoms with E-state index in [2.05, 4.69) is 6.92 Å². The van der Waals surface area contributed by atoms with E-state index in [0.29, 0.717) is 0 Å². The average molecular weight is 354 g/mol. The second-order valence-electron chi connectivity index (χ2n) is 6.79. The smallest absolute Gasteiger partial charge is 0.225 e. The van der Waals surface area contributed by atoms with Crippen molar-refractivity contribution in [2.24, 2.45) is 5.14 Å². The number of aryl methyl sites for hydroxylation is 1. The first kappa shape index (κ1) is 21.2. The summed E-state index contributed by atoms with van der Waals surface area (Å²) in [7, 11) is -3.60. The van der Waals surface area contributed by atoms with Crippen LogP contribution in [0.2, 0.25) is 0 Å². The van der Waals surface area contributed by atoms with Gasteiger partial charge in [0.15, 0.2) is 0 Å². The first-order chi connectivity index (χ1) is 11.6. The number of rotatable bonds is 14. The fraction of sp³-hybridized carbons (Fsp3) is 0.700. The van der Waals surface area contributed by atoms with Crippen LogP contribution in [0.4, 0.5) is 0 Å². The van der Waals surface area contributed by atoms with E-state index < -0.39 is 10.0 Å². The molecule has 1 aromatic carbocycles. The molecule has 0 bridgehead atoms. The first-order valence-corrected chi connectivity index (χ1v) is 11.2. The van der Waals surface area contributed by atoms with Gasteiger partial charge in [0.2, 0.25) is 10.0 Å². The molecule has 0 atom stereocenters. The van der Waals surface area contributed by atoms with E-state index in [1.807, 2.05) is 12.1 Å². The Morgan fingerprint density at radius 2 is 1.21 bits per heavy atom. The average Bonchev–Trinajstić information content (AvgIpc) is 2.55. The molecule has 138 valence electrons. The summed E-state index contributed by atoms with van der Waals surface area (Å²) in [6.45, 7) is 2.26. The standard InChI is InChI=1S/C20H35NO2S/c1-2-3-4-5-6-7-8-9-10-11-12-13-16-19-17-14-15-18-20(19)24(21,22)23/h14-15,17-18H,2-13,16H2,1H3,(H2,21,22,23). The lowest BCUT2D eigenvalue weighted by atomic mass is 10.0. The fourth-order valence-corrected chi connectivity index (χ4v) is 3.95. The highest BCUT2D eigenvalue weighted by molar-refractivity contribution is 7.89. The molecule has 0 saturated heterocycles. The fourth-order valence-electron chi connectivity index (χ4n) is 3.14. The molecule has 0 unspecified atom stereocenters. The maximum absolute atomic E-state index is 11.5. The third-order valence-electron chi connectivity index (χ3n) is 4.58. The SMILES string of the molecule is CCCCCCCCCCCCCCc1ccccc1S(N)(=O)=O. The minimum Gasteiger partial charge on any atom is -0.225 e. The number of benzene rings is 1. The van der Waals surface area contributed by atoms with Crippen molar-refractivity contribution in [1.29, 1.82) is 0 Å². The molecular weight excluding hydrogens is 318 g/mol. The lowest BCUT2D eigenvalue weighted by Crippen LogP contribution is -2.14. The van der Waals surface area contributed by atoms with Gasteiger partial charge in [-0.25, -0.2) is 13.6 Å². The number of unbranched alkanes of at least 4 members (excludes halogenated alkanes) is 11. The quantitative estimate of drug-likeness (QED) is 0.444. The molecule has 0 aliphatic carbocycles. The largest absolute Gasteiger partial charge is 0.238 e. The molecule has 24 heavy (non-hydrogen) atoms. The Labute approximate surface area is 149 Å². The maximum Gasteiger partial charge on any atom is 0.238 e. The van der Waals surface area contributed by atoms with Crippen molar-refractivity contribution < 1.29 is 8.42 Å². The minimum atomic E-state index is -3.60. The van der Waals surface area contributed by atoms with E-state index in [1.54, 1.807) is 12.1 Å². The Balaban J connectivity index is 2.05. The molecule has 0 radical (unpaired) electrons. The molecule has 0 spiro atoms. The van der Waals surface area contributed by atoms with Crippen molar-refractivity contribution in [2.45, 2.75) is 95.3 Å². The Bertz CT molecular complexity index is 540. The van der Waals surface area contributed by atoms with Gasteiger partial charge in [-0.1, -0.05) is 95.8 Å². The van der Waals surface area contributed by atoms with Crippen molar-refractivity contribution in [3.05, 3.63) is 29.8 Å². The number of primary sulfonamides is 1. The Morgan fingerprint density at radius 3 is 1.71 bits per heavy atom. The molecule has 0 heterocycles. The van der Waals surface area contributed by atoms with Crippen LogP contribution in [0.15, 0.2) is 29.2 Å². The summed E-state index contributed by atoms with van der Waals surface area (Å²) in [4.78, 5) is 0.285. The number of hydrogen-bond acceptors (Lipinski definition) is 2. The number of hydrogen-bond donors (Lipinski definition) is 1.